The summed E-state index contributed by atoms with van der Waals surface area (Å²) >= 11 is 0. The predicted molar refractivity (Wildman–Crippen MR) is 73.4 cm³/mol. The third kappa shape index (κ3) is 3.96. The van der Waals surface area contributed by atoms with Gasteiger partial charge in [-0.05, 0) is 20.3 Å². The highest BCUT2D eigenvalue weighted by Gasteiger charge is 2.67. The molecule has 0 bridgehead atoms. The summed E-state index contributed by atoms with van der Waals surface area (Å²) in [6.45, 7) is 7.47. The average molecular weight is 299 g/mol. The van der Waals surface area contributed by atoms with Crippen LogP contribution in [0.1, 0.15) is 20.3 Å². The minimum absolute atomic E-state index is 0.0742. The second kappa shape index (κ2) is 7.66. The van der Waals surface area contributed by atoms with Crippen molar-refractivity contribution in [1.82, 2.24) is 5.32 Å². The molecule has 1 amide bonds. The number of nitrogens with one attached hydrogen (secondary N) is 1. The van der Waals surface area contributed by atoms with E-state index in [1.807, 2.05) is 0 Å². The molecule has 2 atom stereocenters. The molecule has 118 valence electrons. The van der Waals surface area contributed by atoms with Crippen LogP contribution in [0.3, 0.4) is 0 Å². The fourth-order valence-electron chi connectivity index (χ4n) is 1.98. The first-order valence-corrected chi connectivity index (χ1v) is 6.90. The van der Waals surface area contributed by atoms with E-state index in [1.54, 1.807) is 19.9 Å². The van der Waals surface area contributed by atoms with E-state index in [1.165, 1.54) is 0 Å². The Morgan fingerprint density at radius 2 is 1.81 bits per heavy atom. The van der Waals surface area contributed by atoms with Crippen LogP contribution in [0.4, 0.5) is 4.79 Å². The van der Waals surface area contributed by atoms with Crippen molar-refractivity contribution < 1.29 is 28.6 Å². The van der Waals surface area contributed by atoms with Gasteiger partial charge in [0.15, 0.2) is 5.41 Å². The molecule has 7 nitrogen and oxygen atoms in total. The first-order valence-electron chi connectivity index (χ1n) is 6.90. The van der Waals surface area contributed by atoms with Crippen LogP contribution < -0.4 is 5.32 Å². The first kappa shape index (κ1) is 17.0. The summed E-state index contributed by atoms with van der Waals surface area (Å²) in [6.07, 6.45) is 1.30. The van der Waals surface area contributed by atoms with Crippen molar-refractivity contribution in [3.05, 3.63) is 12.7 Å². The highest BCUT2D eigenvalue weighted by molar-refractivity contribution is 6.04. The zero-order valence-electron chi connectivity index (χ0n) is 12.3. The largest absolute Gasteiger partial charge is 0.465 e. The lowest BCUT2D eigenvalue weighted by atomic mass is 10.0. The van der Waals surface area contributed by atoms with E-state index in [9.17, 15) is 14.4 Å². The van der Waals surface area contributed by atoms with E-state index in [4.69, 9.17) is 14.2 Å². The number of esters is 2. The summed E-state index contributed by atoms with van der Waals surface area (Å²) in [5.41, 5.74) is -1.27. The Morgan fingerprint density at radius 3 is 2.33 bits per heavy atom. The van der Waals surface area contributed by atoms with Crippen LogP contribution in [0.2, 0.25) is 0 Å². The van der Waals surface area contributed by atoms with E-state index < -0.39 is 23.4 Å². The third-order valence-electron chi connectivity index (χ3n) is 3.17. The maximum atomic E-state index is 12.1. The standard InChI is InChI=1S/C14H21NO6/c1-4-10-9-14(10,11(16)19-6-3)12(17)20-7-8-21-13(18)15-5-2/h4,10H,1,5-9H2,2-3H3,(H,15,18). The van der Waals surface area contributed by atoms with Crippen molar-refractivity contribution in [2.45, 2.75) is 20.3 Å². The molecule has 0 aliphatic heterocycles. The van der Waals surface area contributed by atoms with Crippen molar-refractivity contribution in [2.75, 3.05) is 26.4 Å². The van der Waals surface area contributed by atoms with Crippen molar-refractivity contribution in [3.63, 3.8) is 0 Å². The Kier molecular flexibility index (Phi) is 6.20. The molecular weight excluding hydrogens is 278 g/mol. The van der Waals surface area contributed by atoms with Crippen LogP contribution >= 0.6 is 0 Å². The Labute approximate surface area is 123 Å². The van der Waals surface area contributed by atoms with Gasteiger partial charge < -0.3 is 19.5 Å². The highest BCUT2D eigenvalue weighted by Crippen LogP contribution is 2.55. The Morgan fingerprint density at radius 1 is 1.19 bits per heavy atom. The predicted octanol–water partition coefficient (Wildman–Crippen LogP) is 1.03. The molecule has 0 spiro atoms. The van der Waals surface area contributed by atoms with Gasteiger partial charge in [-0.1, -0.05) is 6.08 Å². The lowest BCUT2D eigenvalue weighted by Gasteiger charge is -2.14. The van der Waals surface area contributed by atoms with Gasteiger partial charge in [0.1, 0.15) is 13.2 Å². The average Bonchev–Trinajstić information content (AvgIpc) is 3.20. The van der Waals surface area contributed by atoms with Crippen LogP contribution in [0.15, 0.2) is 12.7 Å². The molecule has 0 aromatic carbocycles. The van der Waals surface area contributed by atoms with E-state index in [0.29, 0.717) is 13.0 Å². The fourth-order valence-corrected chi connectivity index (χ4v) is 1.98. The van der Waals surface area contributed by atoms with Crippen LogP contribution in [0.25, 0.3) is 0 Å². The second-order valence-corrected chi connectivity index (χ2v) is 4.54. The lowest BCUT2D eigenvalue weighted by Crippen LogP contribution is -2.33. The van der Waals surface area contributed by atoms with E-state index >= 15 is 0 Å². The number of rotatable bonds is 8. The first-order chi connectivity index (χ1) is 10.0. The summed E-state index contributed by atoms with van der Waals surface area (Å²) in [5, 5.41) is 2.44. The minimum Gasteiger partial charge on any atom is -0.465 e. The minimum atomic E-state index is -1.27. The van der Waals surface area contributed by atoms with Gasteiger partial charge in [0.25, 0.3) is 0 Å². The number of allylic oxidation sites excluding steroid dienone is 1. The van der Waals surface area contributed by atoms with Gasteiger partial charge in [0.05, 0.1) is 6.61 Å². The van der Waals surface area contributed by atoms with Gasteiger partial charge in [-0.15, -0.1) is 6.58 Å². The lowest BCUT2D eigenvalue weighted by molar-refractivity contribution is -0.165. The van der Waals surface area contributed by atoms with Crippen molar-refractivity contribution in [3.8, 4) is 0 Å². The van der Waals surface area contributed by atoms with Crippen LogP contribution in [-0.4, -0.2) is 44.4 Å². The summed E-state index contributed by atoms with van der Waals surface area (Å²) < 4.78 is 14.7. The van der Waals surface area contributed by atoms with E-state index in [0.717, 1.165) is 0 Å². The third-order valence-corrected chi connectivity index (χ3v) is 3.17. The van der Waals surface area contributed by atoms with Gasteiger partial charge in [-0.3, -0.25) is 9.59 Å². The summed E-state index contributed by atoms with van der Waals surface area (Å²) in [4.78, 5) is 35.0. The SMILES string of the molecule is C=CC1CC1(C(=O)OCC)C(=O)OCCOC(=O)NCC. The van der Waals surface area contributed by atoms with Gasteiger partial charge in [-0.2, -0.15) is 0 Å². The van der Waals surface area contributed by atoms with Gasteiger partial charge in [0, 0.05) is 12.5 Å². The van der Waals surface area contributed by atoms with Crippen LogP contribution in [0, 0.1) is 11.3 Å². The van der Waals surface area contributed by atoms with Crippen molar-refractivity contribution in [1.29, 1.82) is 0 Å². The molecule has 1 aliphatic rings. The van der Waals surface area contributed by atoms with Crippen molar-refractivity contribution >= 4 is 18.0 Å². The highest BCUT2D eigenvalue weighted by atomic mass is 16.6. The number of hydrogen-bond donors (Lipinski definition) is 1. The number of carbonyl (C=O) groups excluding carboxylic acids is 3. The molecule has 2 unspecified atom stereocenters. The van der Waals surface area contributed by atoms with Crippen molar-refractivity contribution in [2.24, 2.45) is 11.3 Å². The van der Waals surface area contributed by atoms with Gasteiger partial charge in [0.2, 0.25) is 0 Å². The second-order valence-electron chi connectivity index (χ2n) is 4.54. The summed E-state index contributed by atoms with van der Waals surface area (Å²) in [5.74, 6) is -1.52. The molecule has 0 radical (unpaired) electrons. The number of ether oxygens (including phenoxy) is 3. The smallest absolute Gasteiger partial charge is 0.407 e. The maximum absolute atomic E-state index is 12.1. The zero-order valence-corrected chi connectivity index (χ0v) is 12.3. The Balaban J connectivity index is 2.43. The van der Waals surface area contributed by atoms with Gasteiger partial charge in [-0.25, -0.2) is 4.79 Å². The molecule has 0 aromatic rings. The number of hydrogen-bond acceptors (Lipinski definition) is 6. The summed E-state index contributed by atoms with van der Waals surface area (Å²) in [6, 6.07) is 0. The topological polar surface area (TPSA) is 90.9 Å². The fraction of sp³-hybridized carbons (Fsp3) is 0.643. The molecule has 1 aliphatic carbocycles. The van der Waals surface area contributed by atoms with E-state index in [-0.39, 0.29) is 25.7 Å². The van der Waals surface area contributed by atoms with Crippen LogP contribution in [0.5, 0.6) is 0 Å². The molecule has 7 heteroatoms. The molecule has 1 rings (SSSR count). The molecule has 1 fully saturated rings. The van der Waals surface area contributed by atoms with E-state index in [2.05, 4.69) is 11.9 Å². The molecule has 0 saturated heterocycles. The zero-order chi connectivity index (χ0) is 15.9. The monoisotopic (exact) mass is 299 g/mol. The Hall–Kier alpha value is -2.05. The Bertz CT molecular complexity index is 422. The van der Waals surface area contributed by atoms with Gasteiger partial charge >= 0.3 is 18.0 Å². The summed E-state index contributed by atoms with van der Waals surface area (Å²) in [7, 11) is 0. The molecule has 1 saturated carbocycles. The molecule has 1 N–H and O–H groups in total. The van der Waals surface area contributed by atoms with Crippen LogP contribution in [-0.2, 0) is 23.8 Å². The number of carbonyl (C=O) groups is 3. The molecule has 21 heavy (non-hydrogen) atoms. The number of alkyl carbamates (subject to hydrolysis) is 1. The molecular formula is C14H21NO6. The number of amides is 1. The molecule has 0 heterocycles. The maximum Gasteiger partial charge on any atom is 0.407 e. The quantitative estimate of drug-likeness (QED) is 0.237. The molecule has 0 aromatic heterocycles. The normalized spacial score (nSPS) is 22.9.